The largest absolute Gasteiger partial charge is 0.337 e. The molecule has 6 nitrogen and oxygen atoms in total. The summed E-state index contributed by atoms with van der Waals surface area (Å²) in [5.74, 6) is 1.06. The molecule has 3 rings (SSSR count). The van der Waals surface area contributed by atoms with Gasteiger partial charge < -0.3 is 14.7 Å². The summed E-state index contributed by atoms with van der Waals surface area (Å²) in [5, 5.41) is 7.05. The fourth-order valence-corrected chi connectivity index (χ4v) is 2.73. The molecule has 1 fully saturated rings. The van der Waals surface area contributed by atoms with Crippen molar-refractivity contribution in [2.75, 3.05) is 6.54 Å². The number of rotatable bonds is 2. The Morgan fingerprint density at radius 2 is 2.04 bits per heavy atom. The van der Waals surface area contributed by atoms with E-state index in [-0.39, 0.29) is 17.6 Å². The third-order valence-electron chi connectivity index (χ3n) is 3.75. The normalized spacial score (nSPS) is 18.2. The monoisotopic (exact) mass is 314 g/mol. The van der Waals surface area contributed by atoms with Crippen molar-refractivity contribution < 1.29 is 9.32 Å². The second-order valence-electron chi connectivity index (χ2n) is 6.85. The van der Waals surface area contributed by atoms with Gasteiger partial charge >= 0.3 is 6.03 Å². The Morgan fingerprint density at radius 3 is 2.74 bits per heavy atom. The van der Waals surface area contributed by atoms with Crippen LogP contribution >= 0.6 is 0 Å². The standard InChI is InChI=1S/C17H22N4O2/c1-17(2,3)19-16(22)21-11-7-10-13(21)15-18-14(20-23-15)12-8-5-4-6-9-12/h4-6,8-9,13H,7,10-11H2,1-3H3,(H,19,22)/t13-/m1/s1. The average Bonchev–Trinajstić information content (AvgIpc) is 3.15. The summed E-state index contributed by atoms with van der Waals surface area (Å²) in [6.07, 6.45) is 1.78. The molecule has 2 heterocycles. The van der Waals surface area contributed by atoms with Gasteiger partial charge in [0, 0.05) is 17.6 Å². The molecule has 0 spiro atoms. The Kier molecular flexibility index (Phi) is 4.07. The molecule has 0 saturated carbocycles. The van der Waals surface area contributed by atoms with Gasteiger partial charge in [-0.25, -0.2) is 4.79 Å². The molecule has 0 bridgehead atoms. The van der Waals surface area contributed by atoms with E-state index in [0.29, 0.717) is 18.3 Å². The van der Waals surface area contributed by atoms with E-state index in [2.05, 4.69) is 15.5 Å². The van der Waals surface area contributed by atoms with Crippen LogP contribution in [0.4, 0.5) is 4.79 Å². The van der Waals surface area contributed by atoms with Gasteiger partial charge in [-0.2, -0.15) is 4.98 Å². The van der Waals surface area contributed by atoms with E-state index in [1.54, 1.807) is 4.90 Å². The molecule has 1 N–H and O–H groups in total. The van der Waals surface area contributed by atoms with E-state index in [1.165, 1.54) is 0 Å². The number of nitrogens with zero attached hydrogens (tertiary/aromatic N) is 3. The second kappa shape index (κ2) is 6.02. The number of nitrogens with one attached hydrogen (secondary N) is 1. The third kappa shape index (κ3) is 3.52. The van der Waals surface area contributed by atoms with E-state index in [0.717, 1.165) is 18.4 Å². The summed E-state index contributed by atoms with van der Waals surface area (Å²) in [7, 11) is 0. The summed E-state index contributed by atoms with van der Waals surface area (Å²) in [5.41, 5.74) is 0.639. The van der Waals surface area contributed by atoms with Gasteiger partial charge in [-0.3, -0.25) is 0 Å². The second-order valence-corrected chi connectivity index (χ2v) is 6.85. The van der Waals surface area contributed by atoms with Gasteiger partial charge in [-0.05, 0) is 33.6 Å². The molecular weight excluding hydrogens is 292 g/mol. The zero-order chi connectivity index (χ0) is 16.4. The quantitative estimate of drug-likeness (QED) is 0.922. The lowest BCUT2D eigenvalue weighted by molar-refractivity contribution is 0.172. The molecule has 1 aliphatic heterocycles. The lowest BCUT2D eigenvalue weighted by Crippen LogP contribution is -2.48. The van der Waals surface area contributed by atoms with E-state index >= 15 is 0 Å². The van der Waals surface area contributed by atoms with E-state index in [1.807, 2.05) is 51.1 Å². The van der Waals surface area contributed by atoms with Crippen LogP contribution in [0.2, 0.25) is 0 Å². The van der Waals surface area contributed by atoms with Crippen LogP contribution in [-0.2, 0) is 0 Å². The summed E-state index contributed by atoms with van der Waals surface area (Å²) < 4.78 is 5.43. The van der Waals surface area contributed by atoms with Gasteiger partial charge in [0.05, 0.1) is 0 Å². The molecule has 2 amide bonds. The number of aromatic nitrogens is 2. The first-order valence-electron chi connectivity index (χ1n) is 7.92. The Hall–Kier alpha value is -2.37. The highest BCUT2D eigenvalue weighted by molar-refractivity contribution is 5.75. The van der Waals surface area contributed by atoms with Crippen LogP contribution in [0.5, 0.6) is 0 Å². The molecule has 1 aromatic heterocycles. The SMILES string of the molecule is CC(C)(C)NC(=O)N1CCC[C@@H]1c1nc(-c2ccccc2)no1. The number of hydrogen-bond acceptors (Lipinski definition) is 4. The molecule has 6 heteroatoms. The number of urea groups is 1. The van der Waals surface area contributed by atoms with Crippen molar-refractivity contribution in [3.05, 3.63) is 36.2 Å². The van der Waals surface area contributed by atoms with Gasteiger partial charge in [0.1, 0.15) is 6.04 Å². The first-order chi connectivity index (χ1) is 10.9. The Morgan fingerprint density at radius 1 is 1.30 bits per heavy atom. The topological polar surface area (TPSA) is 71.3 Å². The maximum atomic E-state index is 12.4. The molecular formula is C17H22N4O2. The summed E-state index contributed by atoms with van der Waals surface area (Å²) >= 11 is 0. The number of carbonyl (C=O) groups is 1. The number of hydrogen-bond donors (Lipinski definition) is 1. The highest BCUT2D eigenvalue weighted by atomic mass is 16.5. The smallest absolute Gasteiger partial charge is 0.318 e. The number of carbonyl (C=O) groups excluding carboxylic acids is 1. The van der Waals surface area contributed by atoms with Crippen LogP contribution in [0.3, 0.4) is 0 Å². The Balaban J connectivity index is 1.78. The number of benzene rings is 1. The van der Waals surface area contributed by atoms with Crippen molar-refractivity contribution in [3.8, 4) is 11.4 Å². The third-order valence-corrected chi connectivity index (χ3v) is 3.75. The minimum Gasteiger partial charge on any atom is -0.337 e. The molecule has 0 unspecified atom stereocenters. The molecule has 23 heavy (non-hydrogen) atoms. The molecule has 122 valence electrons. The van der Waals surface area contributed by atoms with Gasteiger partial charge in [-0.15, -0.1) is 0 Å². The van der Waals surface area contributed by atoms with Crippen molar-refractivity contribution in [2.45, 2.75) is 45.2 Å². The van der Waals surface area contributed by atoms with Crippen molar-refractivity contribution in [1.29, 1.82) is 0 Å². The fraction of sp³-hybridized carbons (Fsp3) is 0.471. The minimum atomic E-state index is -0.270. The van der Waals surface area contributed by atoms with Crippen molar-refractivity contribution in [1.82, 2.24) is 20.4 Å². The maximum Gasteiger partial charge on any atom is 0.318 e. The van der Waals surface area contributed by atoms with Crippen LogP contribution < -0.4 is 5.32 Å². The summed E-state index contributed by atoms with van der Waals surface area (Å²) in [6.45, 7) is 6.61. The molecule has 0 radical (unpaired) electrons. The van der Waals surface area contributed by atoms with Gasteiger partial charge in [0.15, 0.2) is 0 Å². The zero-order valence-electron chi connectivity index (χ0n) is 13.7. The highest BCUT2D eigenvalue weighted by Gasteiger charge is 2.35. The summed E-state index contributed by atoms with van der Waals surface area (Å²) in [4.78, 5) is 18.7. The maximum absolute atomic E-state index is 12.4. The highest BCUT2D eigenvalue weighted by Crippen LogP contribution is 2.32. The lowest BCUT2D eigenvalue weighted by atomic mass is 10.1. The van der Waals surface area contributed by atoms with E-state index in [9.17, 15) is 4.79 Å². The van der Waals surface area contributed by atoms with Crippen LogP contribution in [0.25, 0.3) is 11.4 Å². The van der Waals surface area contributed by atoms with E-state index in [4.69, 9.17) is 4.52 Å². The number of likely N-dealkylation sites (tertiary alicyclic amines) is 1. The first-order valence-corrected chi connectivity index (χ1v) is 7.92. The summed E-state index contributed by atoms with van der Waals surface area (Å²) in [6, 6.07) is 9.45. The van der Waals surface area contributed by atoms with Crippen molar-refractivity contribution in [3.63, 3.8) is 0 Å². The predicted octanol–water partition coefficient (Wildman–Crippen LogP) is 3.38. The molecule has 0 aliphatic carbocycles. The first kappa shape index (κ1) is 15.5. The number of amides is 2. The minimum absolute atomic E-state index is 0.0838. The Bertz CT molecular complexity index is 675. The van der Waals surface area contributed by atoms with Crippen LogP contribution in [0.15, 0.2) is 34.9 Å². The van der Waals surface area contributed by atoms with Crippen LogP contribution in [0, 0.1) is 0 Å². The molecule has 1 atom stereocenters. The molecule has 1 aromatic carbocycles. The van der Waals surface area contributed by atoms with Gasteiger partial charge in [0.2, 0.25) is 11.7 Å². The lowest BCUT2D eigenvalue weighted by Gasteiger charge is -2.28. The van der Waals surface area contributed by atoms with Gasteiger partial charge in [-0.1, -0.05) is 35.5 Å². The van der Waals surface area contributed by atoms with E-state index < -0.39 is 0 Å². The van der Waals surface area contributed by atoms with Crippen molar-refractivity contribution >= 4 is 6.03 Å². The molecule has 1 saturated heterocycles. The molecule has 2 aromatic rings. The zero-order valence-corrected chi connectivity index (χ0v) is 13.7. The average molecular weight is 314 g/mol. The van der Waals surface area contributed by atoms with Crippen molar-refractivity contribution in [2.24, 2.45) is 0 Å². The fourth-order valence-electron chi connectivity index (χ4n) is 2.73. The Labute approximate surface area is 135 Å². The molecule has 1 aliphatic rings. The van der Waals surface area contributed by atoms with Crippen LogP contribution in [-0.4, -0.2) is 33.2 Å². The predicted molar refractivity (Wildman–Crippen MR) is 86.7 cm³/mol. The van der Waals surface area contributed by atoms with Gasteiger partial charge in [0.25, 0.3) is 0 Å². The van der Waals surface area contributed by atoms with Crippen LogP contribution in [0.1, 0.15) is 45.5 Å².